The number of aryl methyl sites for hydroxylation is 1. The van der Waals surface area contributed by atoms with Crippen LogP contribution in [0.3, 0.4) is 0 Å². The zero-order valence-corrected chi connectivity index (χ0v) is 10.1. The first-order chi connectivity index (χ1) is 7.65. The first-order valence-electron chi connectivity index (χ1n) is 4.87. The average Bonchev–Trinajstić information content (AvgIpc) is 2.62. The van der Waals surface area contributed by atoms with Crippen molar-refractivity contribution >= 4 is 37.8 Å². The van der Waals surface area contributed by atoms with Crippen molar-refractivity contribution in [2.45, 2.75) is 6.92 Å². The van der Waals surface area contributed by atoms with Crippen molar-refractivity contribution in [3.05, 3.63) is 44.9 Å². The Balaban J connectivity index is 2.65. The summed E-state index contributed by atoms with van der Waals surface area (Å²) in [6, 6.07) is 7.56. The molecule has 80 valence electrons. The van der Waals surface area contributed by atoms with Crippen LogP contribution in [0.25, 0.3) is 21.9 Å². The maximum absolute atomic E-state index is 11.7. The molecule has 0 unspecified atom stereocenters. The van der Waals surface area contributed by atoms with Gasteiger partial charge in [-0.3, -0.25) is 0 Å². The quantitative estimate of drug-likeness (QED) is 0.641. The fourth-order valence-electron chi connectivity index (χ4n) is 1.92. The molecule has 0 bridgehead atoms. The lowest BCUT2D eigenvalue weighted by Gasteiger charge is -1.98. The summed E-state index contributed by atoms with van der Waals surface area (Å²) in [6.07, 6.45) is 0. The molecule has 3 rings (SSSR count). The maximum Gasteiger partial charge on any atom is 0.360 e. The van der Waals surface area contributed by atoms with E-state index in [0.29, 0.717) is 11.1 Å². The molecule has 2 aromatic heterocycles. The Morgan fingerprint density at radius 1 is 1.25 bits per heavy atom. The largest absolute Gasteiger partial charge is 0.421 e. The normalized spacial score (nSPS) is 11.4. The van der Waals surface area contributed by atoms with Crippen molar-refractivity contribution in [3.63, 3.8) is 0 Å². The fraction of sp³-hybridized carbons (Fsp3) is 0.0833. The van der Waals surface area contributed by atoms with Crippen LogP contribution in [0.1, 0.15) is 5.69 Å². The van der Waals surface area contributed by atoms with E-state index >= 15 is 0 Å². The lowest BCUT2D eigenvalue weighted by atomic mass is 10.1. The molecular formula is C12H8BrNO2. The van der Waals surface area contributed by atoms with Crippen molar-refractivity contribution in [2.75, 3.05) is 0 Å². The number of aromatic amines is 1. The Hall–Kier alpha value is -1.55. The van der Waals surface area contributed by atoms with Crippen LogP contribution >= 0.6 is 15.9 Å². The van der Waals surface area contributed by atoms with E-state index in [4.69, 9.17) is 4.42 Å². The van der Waals surface area contributed by atoms with E-state index in [0.717, 1.165) is 20.9 Å². The molecule has 3 nitrogen and oxygen atoms in total. The number of hydrogen-bond donors (Lipinski definition) is 1. The van der Waals surface area contributed by atoms with Gasteiger partial charge in [-0.25, -0.2) is 4.79 Å². The van der Waals surface area contributed by atoms with Gasteiger partial charge in [0.05, 0.1) is 0 Å². The number of hydrogen-bond acceptors (Lipinski definition) is 2. The summed E-state index contributed by atoms with van der Waals surface area (Å²) in [5, 5.41) is 1.85. The van der Waals surface area contributed by atoms with E-state index < -0.39 is 0 Å². The topological polar surface area (TPSA) is 46.0 Å². The summed E-state index contributed by atoms with van der Waals surface area (Å²) in [6.45, 7) is 1.92. The summed E-state index contributed by atoms with van der Waals surface area (Å²) in [4.78, 5) is 14.7. The minimum atomic E-state index is -0.321. The van der Waals surface area contributed by atoms with E-state index in [1.54, 1.807) is 6.07 Å². The highest BCUT2D eigenvalue weighted by Gasteiger charge is 2.09. The molecule has 16 heavy (non-hydrogen) atoms. The first kappa shape index (κ1) is 9.66. The number of H-pyrrole nitrogens is 1. The third kappa shape index (κ3) is 1.30. The van der Waals surface area contributed by atoms with Crippen LogP contribution in [0.4, 0.5) is 0 Å². The molecule has 0 saturated carbocycles. The minimum Gasteiger partial charge on any atom is -0.421 e. The monoisotopic (exact) mass is 277 g/mol. The summed E-state index contributed by atoms with van der Waals surface area (Å²) < 4.78 is 6.20. The molecule has 3 aromatic rings. The molecule has 4 heteroatoms. The highest BCUT2D eigenvalue weighted by molar-refractivity contribution is 9.10. The standard InChI is InChI=1S/C12H8BrNO2/c1-6-4-9-8-5-7(13)2-3-10(8)16-12(15)11(9)14-6/h2-5,14H,1H3. The summed E-state index contributed by atoms with van der Waals surface area (Å²) >= 11 is 3.41. The number of aromatic nitrogens is 1. The number of benzene rings is 1. The van der Waals surface area contributed by atoms with Gasteiger partial charge in [0.2, 0.25) is 0 Å². The minimum absolute atomic E-state index is 0.321. The highest BCUT2D eigenvalue weighted by atomic mass is 79.9. The second kappa shape index (κ2) is 3.22. The van der Waals surface area contributed by atoms with Gasteiger partial charge in [-0.1, -0.05) is 15.9 Å². The molecule has 1 N–H and O–H groups in total. The zero-order valence-electron chi connectivity index (χ0n) is 8.50. The van der Waals surface area contributed by atoms with Gasteiger partial charge in [0, 0.05) is 20.9 Å². The Morgan fingerprint density at radius 3 is 2.88 bits per heavy atom. The third-order valence-electron chi connectivity index (χ3n) is 2.59. The van der Waals surface area contributed by atoms with Gasteiger partial charge in [0.15, 0.2) is 0 Å². The lowest BCUT2D eigenvalue weighted by molar-refractivity contribution is 0.568. The van der Waals surface area contributed by atoms with E-state index in [-0.39, 0.29) is 5.63 Å². The van der Waals surface area contributed by atoms with Gasteiger partial charge < -0.3 is 9.40 Å². The van der Waals surface area contributed by atoms with Gasteiger partial charge in [-0.2, -0.15) is 0 Å². The number of rotatable bonds is 0. The molecule has 1 aromatic carbocycles. The second-order valence-electron chi connectivity index (χ2n) is 3.77. The van der Waals surface area contributed by atoms with Gasteiger partial charge >= 0.3 is 5.63 Å². The molecule has 0 spiro atoms. The molecule has 0 saturated heterocycles. The van der Waals surface area contributed by atoms with Crippen molar-refractivity contribution < 1.29 is 4.42 Å². The van der Waals surface area contributed by atoms with Crippen LogP contribution in [-0.4, -0.2) is 4.98 Å². The average molecular weight is 278 g/mol. The van der Waals surface area contributed by atoms with Crippen LogP contribution < -0.4 is 5.63 Å². The Bertz CT molecular complexity index is 755. The number of nitrogens with one attached hydrogen (secondary N) is 1. The molecule has 0 aliphatic rings. The summed E-state index contributed by atoms with van der Waals surface area (Å²) in [5.74, 6) is 0. The summed E-state index contributed by atoms with van der Waals surface area (Å²) in [7, 11) is 0. The molecule has 0 aliphatic heterocycles. The Kier molecular flexibility index (Phi) is 1.94. The van der Waals surface area contributed by atoms with Gasteiger partial charge in [-0.15, -0.1) is 0 Å². The number of fused-ring (bicyclic) bond motifs is 3. The highest BCUT2D eigenvalue weighted by Crippen LogP contribution is 2.26. The van der Waals surface area contributed by atoms with Crippen LogP contribution in [0.2, 0.25) is 0 Å². The molecule has 0 radical (unpaired) electrons. The Morgan fingerprint density at radius 2 is 2.06 bits per heavy atom. The van der Waals surface area contributed by atoms with Crippen LogP contribution in [0.5, 0.6) is 0 Å². The first-order valence-corrected chi connectivity index (χ1v) is 5.66. The molecule has 0 fully saturated rings. The van der Waals surface area contributed by atoms with Crippen LogP contribution in [-0.2, 0) is 0 Å². The van der Waals surface area contributed by atoms with E-state index in [1.807, 2.05) is 25.1 Å². The zero-order chi connectivity index (χ0) is 11.3. The lowest BCUT2D eigenvalue weighted by Crippen LogP contribution is -1.99. The predicted molar refractivity (Wildman–Crippen MR) is 66.8 cm³/mol. The second-order valence-corrected chi connectivity index (χ2v) is 4.69. The maximum atomic E-state index is 11.7. The van der Waals surface area contributed by atoms with Crippen LogP contribution in [0, 0.1) is 6.92 Å². The van der Waals surface area contributed by atoms with E-state index in [1.165, 1.54) is 0 Å². The van der Waals surface area contributed by atoms with E-state index in [9.17, 15) is 4.79 Å². The van der Waals surface area contributed by atoms with Gasteiger partial charge in [0.25, 0.3) is 0 Å². The van der Waals surface area contributed by atoms with Gasteiger partial charge in [0.1, 0.15) is 11.1 Å². The van der Waals surface area contributed by atoms with Crippen molar-refractivity contribution in [2.24, 2.45) is 0 Å². The third-order valence-corrected chi connectivity index (χ3v) is 3.08. The SMILES string of the molecule is Cc1cc2c([nH]1)c(=O)oc1ccc(Br)cc12. The molecule has 0 atom stereocenters. The molecular weight excluding hydrogens is 270 g/mol. The van der Waals surface area contributed by atoms with Crippen LogP contribution in [0.15, 0.2) is 37.9 Å². The Labute approximate surface area is 99.2 Å². The van der Waals surface area contributed by atoms with E-state index in [2.05, 4.69) is 20.9 Å². The van der Waals surface area contributed by atoms with Crippen molar-refractivity contribution in [3.8, 4) is 0 Å². The predicted octanol–water partition coefficient (Wildman–Crippen LogP) is 3.35. The van der Waals surface area contributed by atoms with Crippen molar-refractivity contribution in [1.29, 1.82) is 0 Å². The van der Waals surface area contributed by atoms with Crippen molar-refractivity contribution in [1.82, 2.24) is 4.98 Å². The summed E-state index contributed by atoms with van der Waals surface area (Å²) in [5.41, 5.74) is 1.77. The molecule has 2 heterocycles. The fourth-order valence-corrected chi connectivity index (χ4v) is 2.28. The number of halogens is 1. The smallest absolute Gasteiger partial charge is 0.360 e. The molecule has 0 aliphatic carbocycles. The molecule has 0 amide bonds. The van der Waals surface area contributed by atoms with Gasteiger partial charge in [-0.05, 0) is 31.2 Å².